The molecule has 0 aliphatic carbocycles. The molecule has 1 saturated heterocycles. The van der Waals surface area contributed by atoms with E-state index in [1.807, 2.05) is 0 Å². The highest BCUT2D eigenvalue weighted by atomic mass is 19.1. The highest BCUT2D eigenvalue weighted by Crippen LogP contribution is 2.39. The molecule has 0 saturated carbocycles. The monoisotopic (exact) mass is 401 g/mol. The second-order valence-corrected chi connectivity index (χ2v) is 6.43. The van der Waals surface area contributed by atoms with Crippen LogP contribution in [0.3, 0.4) is 0 Å². The number of carbonyl (C=O) groups excluding carboxylic acids is 2. The van der Waals surface area contributed by atoms with Gasteiger partial charge < -0.3 is 25.0 Å². The lowest BCUT2D eigenvalue weighted by atomic mass is 9.95. The fraction of sp³-hybridized carbons (Fsp3) is 0.238. The zero-order valence-electron chi connectivity index (χ0n) is 15.4. The molecule has 2 aromatic rings. The van der Waals surface area contributed by atoms with Crippen molar-refractivity contribution in [2.45, 2.75) is 6.04 Å². The van der Waals surface area contributed by atoms with Gasteiger partial charge >= 0.3 is 0 Å². The molecule has 0 radical (unpaired) electrons. The molecule has 1 unspecified atom stereocenters. The summed E-state index contributed by atoms with van der Waals surface area (Å²) in [4.78, 5) is 26.6. The quantitative estimate of drug-likeness (QED) is 0.283. The van der Waals surface area contributed by atoms with Gasteiger partial charge in [-0.15, -0.1) is 0 Å². The number of Topliss-reactive ketones (excluding diaryl/α,β-unsaturated/α-hetero) is 1. The number of ketones is 1. The summed E-state index contributed by atoms with van der Waals surface area (Å²) in [7, 11) is 0. The SMILES string of the molecule is O=C1C(=O)N(CCOCCO)C(c2ccc(O)cc2)/C1=C(\O)c1ccc(F)cc1. The third-order valence-electron chi connectivity index (χ3n) is 4.58. The first kappa shape index (κ1) is 20.5. The van der Waals surface area contributed by atoms with Gasteiger partial charge in [-0.1, -0.05) is 12.1 Å². The highest BCUT2D eigenvalue weighted by molar-refractivity contribution is 6.46. The van der Waals surface area contributed by atoms with Gasteiger partial charge in [0.15, 0.2) is 0 Å². The summed E-state index contributed by atoms with van der Waals surface area (Å²) in [6.07, 6.45) is 0. The molecule has 1 amide bonds. The van der Waals surface area contributed by atoms with Gasteiger partial charge in [0, 0.05) is 12.1 Å². The van der Waals surface area contributed by atoms with Crippen LogP contribution < -0.4 is 0 Å². The van der Waals surface area contributed by atoms with E-state index in [4.69, 9.17) is 9.84 Å². The largest absolute Gasteiger partial charge is 0.508 e. The van der Waals surface area contributed by atoms with Gasteiger partial charge in [0.25, 0.3) is 11.7 Å². The fourth-order valence-corrected chi connectivity index (χ4v) is 3.21. The van der Waals surface area contributed by atoms with E-state index in [1.165, 1.54) is 29.2 Å². The van der Waals surface area contributed by atoms with Gasteiger partial charge in [0.2, 0.25) is 0 Å². The van der Waals surface area contributed by atoms with Crippen LogP contribution in [0.2, 0.25) is 0 Å². The van der Waals surface area contributed by atoms with Crippen molar-refractivity contribution < 1.29 is 34.0 Å². The van der Waals surface area contributed by atoms with Crippen LogP contribution in [0.5, 0.6) is 5.75 Å². The van der Waals surface area contributed by atoms with Crippen LogP contribution in [0, 0.1) is 5.82 Å². The van der Waals surface area contributed by atoms with Gasteiger partial charge in [-0.2, -0.15) is 0 Å². The molecule has 1 aliphatic heterocycles. The molecular formula is C21H20FNO6. The number of ether oxygens (including phenoxy) is 1. The molecular weight excluding hydrogens is 381 g/mol. The summed E-state index contributed by atoms with van der Waals surface area (Å²) in [5, 5.41) is 29.1. The van der Waals surface area contributed by atoms with E-state index < -0.39 is 29.3 Å². The van der Waals surface area contributed by atoms with Crippen LogP contribution in [-0.2, 0) is 14.3 Å². The maximum absolute atomic E-state index is 13.2. The number of aliphatic hydroxyl groups excluding tert-OH is 2. The Morgan fingerprint density at radius 3 is 2.31 bits per heavy atom. The van der Waals surface area contributed by atoms with Gasteiger partial charge in [-0.25, -0.2) is 4.39 Å². The number of aromatic hydroxyl groups is 1. The third-order valence-corrected chi connectivity index (χ3v) is 4.58. The first-order valence-electron chi connectivity index (χ1n) is 8.96. The van der Waals surface area contributed by atoms with Gasteiger partial charge in [-0.05, 0) is 42.0 Å². The number of benzene rings is 2. The van der Waals surface area contributed by atoms with E-state index in [-0.39, 0.29) is 43.3 Å². The molecule has 8 heteroatoms. The van der Waals surface area contributed by atoms with Crippen molar-refractivity contribution in [1.82, 2.24) is 4.90 Å². The van der Waals surface area contributed by atoms with Crippen molar-refractivity contribution in [3.63, 3.8) is 0 Å². The van der Waals surface area contributed by atoms with Crippen LogP contribution in [0.4, 0.5) is 4.39 Å². The van der Waals surface area contributed by atoms with Crippen molar-refractivity contribution in [1.29, 1.82) is 0 Å². The second kappa shape index (κ2) is 8.85. The Morgan fingerprint density at radius 2 is 1.69 bits per heavy atom. The van der Waals surface area contributed by atoms with Gasteiger partial charge in [-0.3, -0.25) is 9.59 Å². The lowest BCUT2D eigenvalue weighted by Gasteiger charge is -2.25. The maximum Gasteiger partial charge on any atom is 0.295 e. The molecule has 3 rings (SSSR count). The Kier molecular flexibility index (Phi) is 6.26. The number of hydrogen-bond acceptors (Lipinski definition) is 6. The standard InChI is InChI=1S/C21H20FNO6/c22-15-5-1-14(2-6-15)19(26)17-18(13-3-7-16(25)8-4-13)23(21(28)20(17)27)9-11-29-12-10-24/h1-8,18,24-26H,9-12H2/b19-17+. The molecule has 152 valence electrons. The number of phenolic OH excluding ortho intramolecular Hbond substituents is 1. The van der Waals surface area contributed by atoms with Crippen LogP contribution in [0.25, 0.3) is 5.76 Å². The van der Waals surface area contributed by atoms with Crippen LogP contribution in [0.15, 0.2) is 54.1 Å². The fourth-order valence-electron chi connectivity index (χ4n) is 3.21. The number of halogens is 1. The van der Waals surface area contributed by atoms with E-state index in [0.717, 1.165) is 12.1 Å². The molecule has 0 spiro atoms. The van der Waals surface area contributed by atoms with Crippen LogP contribution >= 0.6 is 0 Å². The Labute approximate surface area is 166 Å². The predicted octanol–water partition coefficient (Wildman–Crippen LogP) is 1.96. The Bertz CT molecular complexity index is 923. The summed E-state index contributed by atoms with van der Waals surface area (Å²) < 4.78 is 18.4. The smallest absolute Gasteiger partial charge is 0.295 e. The Morgan fingerprint density at radius 1 is 1.03 bits per heavy atom. The summed E-state index contributed by atoms with van der Waals surface area (Å²) >= 11 is 0. The Hall–Kier alpha value is -3.23. The predicted molar refractivity (Wildman–Crippen MR) is 101 cm³/mol. The minimum Gasteiger partial charge on any atom is -0.508 e. The Balaban J connectivity index is 2.05. The van der Waals surface area contributed by atoms with Gasteiger partial charge in [0.05, 0.1) is 31.4 Å². The summed E-state index contributed by atoms with van der Waals surface area (Å²) in [5.74, 6) is -2.58. The van der Waals surface area contributed by atoms with Crippen LogP contribution in [-0.4, -0.2) is 58.3 Å². The van der Waals surface area contributed by atoms with Crippen molar-refractivity contribution >= 4 is 17.4 Å². The topological polar surface area (TPSA) is 107 Å². The lowest BCUT2D eigenvalue weighted by molar-refractivity contribution is -0.140. The molecule has 1 heterocycles. The number of phenols is 1. The normalized spacial score (nSPS) is 18.4. The minimum absolute atomic E-state index is 0.00974. The van der Waals surface area contributed by atoms with Gasteiger partial charge in [0.1, 0.15) is 17.3 Å². The van der Waals surface area contributed by atoms with E-state index in [0.29, 0.717) is 5.56 Å². The van der Waals surface area contributed by atoms with Crippen LogP contribution in [0.1, 0.15) is 17.2 Å². The number of rotatable bonds is 7. The molecule has 1 atom stereocenters. The summed E-state index contributed by atoms with van der Waals surface area (Å²) in [6, 6.07) is 9.93. The van der Waals surface area contributed by atoms with E-state index in [2.05, 4.69) is 0 Å². The molecule has 1 fully saturated rings. The first-order chi connectivity index (χ1) is 13.9. The van der Waals surface area contributed by atoms with E-state index in [1.54, 1.807) is 12.1 Å². The van der Waals surface area contributed by atoms with Crippen molar-refractivity contribution in [3.8, 4) is 5.75 Å². The minimum atomic E-state index is -0.904. The van der Waals surface area contributed by atoms with Crippen molar-refractivity contribution in [3.05, 3.63) is 71.0 Å². The average Bonchev–Trinajstić information content (AvgIpc) is 2.96. The molecule has 0 aromatic heterocycles. The van der Waals surface area contributed by atoms with Crippen molar-refractivity contribution in [2.24, 2.45) is 0 Å². The highest BCUT2D eigenvalue weighted by Gasteiger charge is 2.45. The van der Waals surface area contributed by atoms with E-state index >= 15 is 0 Å². The number of aliphatic hydroxyl groups is 2. The second-order valence-electron chi connectivity index (χ2n) is 6.43. The first-order valence-corrected chi connectivity index (χ1v) is 8.96. The average molecular weight is 401 g/mol. The maximum atomic E-state index is 13.2. The lowest BCUT2D eigenvalue weighted by Crippen LogP contribution is -2.33. The molecule has 0 bridgehead atoms. The molecule has 29 heavy (non-hydrogen) atoms. The van der Waals surface area contributed by atoms with Crippen molar-refractivity contribution in [2.75, 3.05) is 26.4 Å². The zero-order valence-corrected chi connectivity index (χ0v) is 15.4. The third kappa shape index (κ3) is 4.28. The molecule has 1 aliphatic rings. The number of hydrogen-bond donors (Lipinski definition) is 3. The number of carbonyl (C=O) groups is 2. The number of likely N-dealkylation sites (tertiary alicyclic amines) is 1. The number of nitrogens with zero attached hydrogens (tertiary/aromatic N) is 1. The molecule has 2 aromatic carbocycles. The molecule has 3 N–H and O–H groups in total. The number of amides is 1. The molecule has 7 nitrogen and oxygen atoms in total. The zero-order chi connectivity index (χ0) is 21.0. The summed E-state index contributed by atoms with van der Waals surface area (Å²) in [5.41, 5.74) is 0.576. The summed E-state index contributed by atoms with van der Waals surface area (Å²) in [6.45, 7) is 0.0449. The van der Waals surface area contributed by atoms with E-state index in [9.17, 15) is 24.2 Å².